The average Bonchev–Trinajstić information content (AvgIpc) is 2.68. The fourth-order valence-corrected chi connectivity index (χ4v) is 3.67. The number of aliphatic hydroxyl groups is 3. The number of primary amides is 1. The Labute approximate surface area is 192 Å². The molecule has 3 aromatic rings. The molecule has 0 bridgehead atoms. The van der Waals surface area contributed by atoms with Gasteiger partial charge < -0.3 is 21.1 Å². The lowest BCUT2D eigenvalue weighted by molar-refractivity contribution is -0.304. The number of rotatable bonds is 5. The van der Waals surface area contributed by atoms with Crippen molar-refractivity contribution in [3.63, 3.8) is 0 Å². The van der Waals surface area contributed by atoms with Crippen molar-refractivity contribution in [3.8, 4) is 11.1 Å². The summed E-state index contributed by atoms with van der Waals surface area (Å²) in [5.74, 6) is -2.95. The van der Waals surface area contributed by atoms with E-state index in [4.69, 9.17) is 28.9 Å². The van der Waals surface area contributed by atoms with E-state index in [2.05, 4.69) is 0 Å². The number of halogens is 3. The van der Waals surface area contributed by atoms with Gasteiger partial charge in [-0.3, -0.25) is 9.59 Å². The van der Waals surface area contributed by atoms with E-state index in [9.17, 15) is 29.3 Å². The molecule has 166 valence electrons. The van der Waals surface area contributed by atoms with Crippen LogP contribution in [0.2, 0.25) is 10.0 Å². The van der Waals surface area contributed by atoms with Crippen molar-refractivity contribution in [1.29, 1.82) is 0 Å². The molecule has 0 saturated heterocycles. The summed E-state index contributed by atoms with van der Waals surface area (Å²) >= 11 is 12.2. The van der Waals surface area contributed by atoms with Crippen LogP contribution in [-0.4, -0.2) is 33.2 Å². The molecule has 0 saturated carbocycles. The first-order chi connectivity index (χ1) is 14.9. The molecule has 0 atom stereocenters. The monoisotopic (exact) mass is 478 g/mol. The number of hydrogen-bond donors (Lipinski definition) is 4. The Morgan fingerprint density at radius 3 is 2.25 bits per heavy atom. The van der Waals surface area contributed by atoms with Crippen molar-refractivity contribution < 1.29 is 29.3 Å². The van der Waals surface area contributed by atoms with Crippen LogP contribution in [0.3, 0.4) is 0 Å². The van der Waals surface area contributed by atoms with Gasteiger partial charge in [0, 0.05) is 16.1 Å². The fourth-order valence-electron chi connectivity index (χ4n) is 3.19. The van der Waals surface area contributed by atoms with Crippen LogP contribution in [0.5, 0.6) is 0 Å². The molecule has 5 N–H and O–H groups in total. The second-order valence-corrected chi connectivity index (χ2v) is 7.71. The summed E-state index contributed by atoms with van der Waals surface area (Å²) in [7, 11) is 0. The van der Waals surface area contributed by atoms with E-state index >= 15 is 0 Å². The maximum Gasteiger partial charge on any atom is 0.376 e. The Morgan fingerprint density at radius 2 is 1.69 bits per heavy atom. The lowest BCUT2D eigenvalue weighted by Gasteiger charge is -2.32. The van der Waals surface area contributed by atoms with Crippen molar-refractivity contribution in [3.05, 3.63) is 87.2 Å². The predicted molar refractivity (Wildman–Crippen MR) is 118 cm³/mol. The van der Waals surface area contributed by atoms with Crippen LogP contribution < -0.4 is 10.6 Å². The predicted octanol–water partition coefficient (Wildman–Crippen LogP) is 3.44. The van der Waals surface area contributed by atoms with Crippen molar-refractivity contribution in [2.24, 2.45) is 5.73 Å². The van der Waals surface area contributed by atoms with Crippen LogP contribution in [0.15, 0.2) is 54.6 Å². The highest BCUT2D eigenvalue weighted by Crippen LogP contribution is 2.35. The van der Waals surface area contributed by atoms with E-state index in [0.717, 1.165) is 6.07 Å². The van der Waals surface area contributed by atoms with E-state index in [0.29, 0.717) is 16.1 Å². The molecule has 10 heteroatoms. The Morgan fingerprint density at radius 1 is 1.00 bits per heavy atom. The first-order valence-corrected chi connectivity index (χ1v) is 9.83. The molecule has 0 aliphatic carbocycles. The normalized spacial score (nSPS) is 11.3. The molecular formula is C22H17Cl2FN2O5. The van der Waals surface area contributed by atoms with Crippen LogP contribution in [0, 0.1) is 12.7 Å². The van der Waals surface area contributed by atoms with E-state index in [1.54, 1.807) is 0 Å². The highest BCUT2D eigenvalue weighted by Gasteiger charge is 2.38. The van der Waals surface area contributed by atoms with Crippen molar-refractivity contribution in [2.45, 2.75) is 13.0 Å². The van der Waals surface area contributed by atoms with E-state index in [-0.39, 0.29) is 26.7 Å². The van der Waals surface area contributed by atoms with Gasteiger partial charge in [-0.1, -0.05) is 35.3 Å². The molecule has 0 aromatic heterocycles. The van der Waals surface area contributed by atoms with Crippen molar-refractivity contribution in [2.75, 3.05) is 4.90 Å². The van der Waals surface area contributed by atoms with E-state index in [1.165, 1.54) is 55.5 Å². The number of aryl methyl sites for hydroxylation is 1. The maximum atomic E-state index is 14.3. The Bertz CT molecular complexity index is 1210. The molecule has 0 heterocycles. The second kappa shape index (κ2) is 8.85. The Balaban J connectivity index is 2.12. The topological polar surface area (TPSA) is 124 Å². The van der Waals surface area contributed by atoms with Gasteiger partial charge in [-0.15, -0.1) is 0 Å². The van der Waals surface area contributed by atoms with Crippen LogP contribution >= 0.6 is 23.2 Å². The van der Waals surface area contributed by atoms with Gasteiger partial charge in [0.25, 0.3) is 5.91 Å². The van der Waals surface area contributed by atoms with Gasteiger partial charge in [0.1, 0.15) is 5.82 Å². The molecule has 0 aliphatic heterocycles. The minimum Gasteiger partial charge on any atom is -0.366 e. The smallest absolute Gasteiger partial charge is 0.366 e. The lowest BCUT2D eigenvalue weighted by Crippen LogP contribution is -2.53. The zero-order valence-corrected chi connectivity index (χ0v) is 18.0. The summed E-state index contributed by atoms with van der Waals surface area (Å²) in [5.41, 5.74) is 5.98. The number of amides is 2. The number of carbonyl (C=O) groups is 2. The third-order valence-electron chi connectivity index (χ3n) is 4.68. The van der Waals surface area contributed by atoms with Gasteiger partial charge >= 0.3 is 6.10 Å². The van der Waals surface area contributed by atoms with E-state index in [1.807, 2.05) is 0 Å². The molecule has 2 amide bonds. The second-order valence-electron chi connectivity index (χ2n) is 6.90. The summed E-state index contributed by atoms with van der Waals surface area (Å²) in [6, 6.07) is 12.2. The standard InChI is InChI=1S/C22H17Cl2FN2O5/c1-11-9-12(14-10-13(20(26)28)5-7-15(14)23)6-8-18(11)27(22(30,31)32)21(29)19-16(24)3-2-4-17(19)25/h2-10,30-32H,1H3,(H2,26,28). The molecule has 0 fully saturated rings. The third-order valence-corrected chi connectivity index (χ3v) is 5.32. The van der Waals surface area contributed by atoms with Crippen molar-refractivity contribution in [1.82, 2.24) is 0 Å². The third kappa shape index (κ3) is 4.59. The molecule has 0 unspecified atom stereocenters. The molecule has 0 radical (unpaired) electrons. The minimum absolute atomic E-state index is 0.146. The van der Waals surface area contributed by atoms with Gasteiger partial charge in [0.2, 0.25) is 5.91 Å². The van der Waals surface area contributed by atoms with Crippen LogP contribution in [0.4, 0.5) is 10.1 Å². The Hall–Kier alpha value is -3.01. The summed E-state index contributed by atoms with van der Waals surface area (Å²) in [5, 5.41) is 29.7. The molecule has 3 rings (SSSR count). The van der Waals surface area contributed by atoms with Gasteiger partial charge in [-0.05, 0) is 60.5 Å². The maximum absolute atomic E-state index is 14.3. The summed E-state index contributed by atoms with van der Waals surface area (Å²) in [4.78, 5) is 24.6. The number of nitrogens with two attached hydrogens (primary N) is 1. The van der Waals surface area contributed by atoms with Crippen molar-refractivity contribution >= 4 is 40.7 Å². The fraction of sp³-hybridized carbons (Fsp3) is 0.0909. The number of nitrogens with zero attached hydrogens (tertiary/aromatic N) is 1. The highest BCUT2D eigenvalue weighted by molar-refractivity contribution is 6.34. The lowest BCUT2D eigenvalue weighted by atomic mass is 9.99. The average molecular weight is 479 g/mol. The summed E-state index contributed by atoms with van der Waals surface area (Å²) in [6.45, 7) is 1.51. The van der Waals surface area contributed by atoms with Gasteiger partial charge in [0.15, 0.2) is 0 Å². The number of hydrogen-bond acceptors (Lipinski definition) is 5. The molecular weight excluding hydrogens is 462 g/mol. The highest BCUT2D eigenvalue weighted by atomic mass is 35.5. The van der Waals surface area contributed by atoms with Crippen LogP contribution in [-0.2, 0) is 0 Å². The van der Waals surface area contributed by atoms with Crippen LogP contribution in [0.25, 0.3) is 11.1 Å². The first-order valence-electron chi connectivity index (χ1n) is 9.08. The quantitative estimate of drug-likeness (QED) is 0.418. The van der Waals surface area contributed by atoms with Gasteiger partial charge in [-0.2, -0.15) is 0 Å². The minimum atomic E-state index is -3.67. The summed E-state index contributed by atoms with van der Waals surface area (Å²) in [6.07, 6.45) is -3.67. The number of anilines is 1. The largest absolute Gasteiger partial charge is 0.376 e. The zero-order valence-electron chi connectivity index (χ0n) is 16.5. The van der Waals surface area contributed by atoms with Gasteiger partial charge in [0.05, 0.1) is 16.3 Å². The molecule has 7 nitrogen and oxygen atoms in total. The van der Waals surface area contributed by atoms with Crippen LogP contribution in [0.1, 0.15) is 26.3 Å². The first kappa shape index (κ1) is 23.6. The molecule has 32 heavy (non-hydrogen) atoms. The van der Waals surface area contributed by atoms with E-state index < -0.39 is 29.3 Å². The number of benzene rings is 3. The Kier molecular flexibility index (Phi) is 6.54. The SMILES string of the molecule is Cc1cc(-c2cc(C(N)=O)ccc2Cl)ccc1N(C(=O)c1c(F)cccc1Cl)C(O)(O)O. The number of carbonyl (C=O) groups excluding carboxylic acids is 2. The molecule has 3 aromatic carbocycles. The molecule has 0 aliphatic rings. The summed E-state index contributed by atoms with van der Waals surface area (Å²) < 4.78 is 14.3. The van der Waals surface area contributed by atoms with Gasteiger partial charge in [-0.25, -0.2) is 9.29 Å². The zero-order chi connectivity index (χ0) is 23.8. The molecule has 0 spiro atoms.